The fourth-order valence-corrected chi connectivity index (χ4v) is 5.84. The third-order valence-corrected chi connectivity index (χ3v) is 8.57. The van der Waals surface area contributed by atoms with Gasteiger partial charge in [-0.1, -0.05) is 19.9 Å². The molecule has 0 spiro atoms. The Labute approximate surface area is 279 Å². The van der Waals surface area contributed by atoms with Gasteiger partial charge in [-0.15, -0.1) is 0 Å². The largest absolute Gasteiger partial charge is 0.504 e. The van der Waals surface area contributed by atoms with Gasteiger partial charge in [0.05, 0.1) is 13.7 Å². The van der Waals surface area contributed by atoms with E-state index in [4.69, 9.17) is 13.9 Å². The molecule has 3 aliphatic rings. The molecule has 1 aromatic heterocycles. The van der Waals surface area contributed by atoms with Crippen molar-refractivity contribution in [1.29, 1.82) is 0 Å². The van der Waals surface area contributed by atoms with Crippen molar-refractivity contribution in [3.8, 4) is 34.5 Å². The minimum absolute atomic E-state index is 0.0400. The maximum Gasteiger partial charge on any atom is 0.245 e. The summed E-state index contributed by atoms with van der Waals surface area (Å²) < 4.78 is 17.5. The fraction of sp³-hybridized carbons (Fsp3) is 0.457. The predicted molar refractivity (Wildman–Crippen MR) is 175 cm³/mol. The second-order valence-corrected chi connectivity index (χ2v) is 12.7. The SMILES string of the molecule is COc1cc2ccc1Oc1cc(ccc1O)CCC(=O)N[C@H](C)C(=O)N1C[C@@H](NC(=O)CCC(C)C)C[C@H]1C(=O)NCc1nc-2oc1C. The minimum atomic E-state index is -0.921. The molecule has 1 fully saturated rings. The number of phenolic OH excluding ortho intramolecular Hbond substituents is 1. The van der Waals surface area contributed by atoms with Crippen LogP contribution in [0, 0.1) is 12.8 Å². The van der Waals surface area contributed by atoms with Crippen molar-refractivity contribution < 1.29 is 38.2 Å². The highest BCUT2D eigenvalue weighted by Gasteiger charge is 2.41. The van der Waals surface area contributed by atoms with Crippen LogP contribution in [0.1, 0.15) is 63.5 Å². The molecule has 2 aromatic carbocycles. The van der Waals surface area contributed by atoms with Crippen LogP contribution >= 0.6 is 0 Å². The number of phenols is 1. The van der Waals surface area contributed by atoms with Crippen LogP contribution in [-0.2, 0) is 32.1 Å². The summed E-state index contributed by atoms with van der Waals surface area (Å²) in [6.07, 6.45) is 1.68. The van der Waals surface area contributed by atoms with Crippen LogP contribution in [0.15, 0.2) is 40.8 Å². The molecule has 3 aromatic rings. The van der Waals surface area contributed by atoms with Crippen molar-refractivity contribution in [3.05, 3.63) is 53.4 Å². The summed E-state index contributed by atoms with van der Waals surface area (Å²) >= 11 is 0. The standard InChI is InChI=1S/C35H43N5O8/c1-19(2)6-12-32(43)38-24-16-26-33(44)36-17-25-21(4)47-34(39-25)23-9-11-28(30(15-23)46-5)48-29-14-22(7-10-27(29)41)8-13-31(42)37-20(3)35(45)40(26)18-24/h7,9-11,14-15,19-20,24,26,41H,6,8,12-13,16-18H2,1-5H3,(H,36,44)(H,37,42)(H,38,43)/t20-,24+,26+/m1/s1. The Bertz CT molecular complexity index is 1680. The van der Waals surface area contributed by atoms with E-state index in [-0.39, 0.29) is 49.2 Å². The van der Waals surface area contributed by atoms with Gasteiger partial charge in [0.2, 0.25) is 29.5 Å². The minimum Gasteiger partial charge on any atom is -0.504 e. The first-order valence-electron chi connectivity index (χ1n) is 16.2. The summed E-state index contributed by atoms with van der Waals surface area (Å²) in [5.74, 6) is 0.637. The number of hydrogen-bond donors (Lipinski definition) is 4. The Kier molecular flexibility index (Phi) is 10.6. The zero-order chi connectivity index (χ0) is 34.5. The Morgan fingerprint density at radius 1 is 1.15 bits per heavy atom. The smallest absolute Gasteiger partial charge is 0.245 e. The number of carbonyl (C=O) groups excluding carboxylic acids is 4. The van der Waals surface area contributed by atoms with Crippen LogP contribution in [0.5, 0.6) is 23.0 Å². The lowest BCUT2D eigenvalue weighted by atomic mass is 10.1. The van der Waals surface area contributed by atoms with Gasteiger partial charge in [-0.25, -0.2) is 4.98 Å². The van der Waals surface area contributed by atoms with Crippen LogP contribution in [0.4, 0.5) is 0 Å². The molecule has 0 unspecified atom stereocenters. The van der Waals surface area contributed by atoms with Crippen molar-refractivity contribution >= 4 is 23.6 Å². The maximum absolute atomic E-state index is 13.7. The zero-order valence-corrected chi connectivity index (χ0v) is 27.9. The van der Waals surface area contributed by atoms with E-state index in [2.05, 4.69) is 20.9 Å². The van der Waals surface area contributed by atoms with E-state index in [1.807, 2.05) is 13.8 Å². The molecule has 13 heteroatoms. The maximum atomic E-state index is 13.7. The number of methoxy groups -OCH3 is 1. The highest BCUT2D eigenvalue weighted by atomic mass is 16.5. The summed E-state index contributed by atoms with van der Waals surface area (Å²) in [4.78, 5) is 59.0. The normalized spacial score (nSPS) is 20.2. The van der Waals surface area contributed by atoms with Gasteiger partial charge in [0.25, 0.3) is 0 Å². The first-order chi connectivity index (χ1) is 22.9. The topological polar surface area (TPSA) is 172 Å². The van der Waals surface area contributed by atoms with Crippen LogP contribution in [0.3, 0.4) is 0 Å². The van der Waals surface area contributed by atoms with Crippen LogP contribution in [0.2, 0.25) is 0 Å². The number of fused-ring (bicyclic) bond motifs is 9. The molecule has 3 atom stereocenters. The molecular formula is C35H43N5O8. The van der Waals surface area contributed by atoms with Crippen LogP contribution in [-0.4, -0.2) is 70.4 Å². The van der Waals surface area contributed by atoms with Gasteiger partial charge >= 0.3 is 0 Å². The van der Waals surface area contributed by atoms with Crippen molar-refractivity contribution in [1.82, 2.24) is 25.8 Å². The zero-order valence-electron chi connectivity index (χ0n) is 27.9. The average Bonchev–Trinajstić information content (AvgIpc) is 3.65. The quantitative estimate of drug-likeness (QED) is 0.318. The highest BCUT2D eigenvalue weighted by molar-refractivity contribution is 5.92. The van der Waals surface area contributed by atoms with Gasteiger partial charge in [-0.05, 0) is 74.9 Å². The molecule has 4 N–H and O–H groups in total. The molecule has 13 nitrogen and oxygen atoms in total. The summed E-state index contributed by atoms with van der Waals surface area (Å²) in [7, 11) is 1.49. The summed E-state index contributed by atoms with van der Waals surface area (Å²) in [6, 6.07) is 7.70. The lowest BCUT2D eigenvalue weighted by molar-refractivity contribution is -0.141. The van der Waals surface area contributed by atoms with E-state index in [1.54, 1.807) is 44.2 Å². The molecule has 0 radical (unpaired) electrons. The molecule has 1 saturated heterocycles. The van der Waals surface area contributed by atoms with E-state index < -0.39 is 29.9 Å². The first kappa shape index (κ1) is 34.3. The Morgan fingerprint density at radius 3 is 2.69 bits per heavy atom. The number of amides is 4. The molecule has 48 heavy (non-hydrogen) atoms. The van der Waals surface area contributed by atoms with Gasteiger partial charge in [0.1, 0.15) is 23.5 Å². The number of aryl methyl sites for hydroxylation is 2. The first-order valence-corrected chi connectivity index (χ1v) is 16.2. The number of carbonyl (C=O) groups is 4. The van der Waals surface area contributed by atoms with E-state index in [9.17, 15) is 24.3 Å². The molecule has 4 amide bonds. The molecule has 0 saturated carbocycles. The summed E-state index contributed by atoms with van der Waals surface area (Å²) in [5, 5.41) is 19.1. The van der Waals surface area contributed by atoms with E-state index in [0.717, 1.165) is 12.0 Å². The second-order valence-electron chi connectivity index (χ2n) is 12.7. The number of nitrogens with one attached hydrogen (secondary N) is 3. The molecule has 0 aliphatic carbocycles. The number of nitrogens with zero attached hydrogens (tertiary/aromatic N) is 2. The van der Waals surface area contributed by atoms with Crippen molar-refractivity contribution in [2.45, 2.75) is 84.5 Å². The van der Waals surface area contributed by atoms with Gasteiger partial charge < -0.3 is 39.8 Å². The highest BCUT2D eigenvalue weighted by Crippen LogP contribution is 2.39. The van der Waals surface area contributed by atoms with Gasteiger partial charge in [-0.2, -0.15) is 0 Å². The van der Waals surface area contributed by atoms with E-state index in [0.29, 0.717) is 53.2 Å². The van der Waals surface area contributed by atoms with Crippen molar-refractivity contribution in [2.24, 2.45) is 5.92 Å². The predicted octanol–water partition coefficient (Wildman–Crippen LogP) is 3.75. The Morgan fingerprint density at radius 2 is 1.94 bits per heavy atom. The third-order valence-electron chi connectivity index (χ3n) is 8.57. The molecule has 6 bridgehead atoms. The number of oxazole rings is 1. The monoisotopic (exact) mass is 661 g/mol. The molecule has 256 valence electrons. The number of rotatable bonds is 5. The lowest BCUT2D eigenvalue weighted by Gasteiger charge is -2.27. The number of benzene rings is 2. The molecule has 3 aliphatic heterocycles. The van der Waals surface area contributed by atoms with Crippen molar-refractivity contribution in [3.63, 3.8) is 0 Å². The van der Waals surface area contributed by atoms with Crippen LogP contribution < -0.4 is 25.4 Å². The lowest BCUT2D eigenvalue weighted by Crippen LogP contribution is -2.52. The number of aromatic nitrogens is 1. The molecule has 4 heterocycles. The van der Waals surface area contributed by atoms with Gasteiger partial charge in [0, 0.05) is 31.0 Å². The van der Waals surface area contributed by atoms with Crippen molar-refractivity contribution in [2.75, 3.05) is 13.7 Å². The number of aromatic hydroxyl groups is 1. The average molecular weight is 662 g/mol. The number of ether oxygens (including phenoxy) is 2. The Balaban J connectivity index is 1.44. The summed E-state index contributed by atoms with van der Waals surface area (Å²) in [5.41, 5.74) is 1.82. The summed E-state index contributed by atoms with van der Waals surface area (Å²) in [6.45, 7) is 7.57. The Hall–Kier alpha value is -5.07. The van der Waals surface area contributed by atoms with E-state index in [1.165, 1.54) is 18.1 Å². The van der Waals surface area contributed by atoms with Gasteiger partial charge in [-0.3, -0.25) is 19.2 Å². The molecular weight excluding hydrogens is 618 g/mol. The third kappa shape index (κ3) is 8.07. The van der Waals surface area contributed by atoms with Crippen LogP contribution in [0.25, 0.3) is 11.5 Å². The number of hydrogen-bond acceptors (Lipinski definition) is 9. The second kappa shape index (κ2) is 14.8. The van der Waals surface area contributed by atoms with E-state index >= 15 is 0 Å². The molecule has 6 rings (SSSR count). The van der Waals surface area contributed by atoms with Gasteiger partial charge in [0.15, 0.2) is 23.0 Å². The fourth-order valence-electron chi connectivity index (χ4n) is 5.84.